The maximum Gasteiger partial charge on any atom is 0.248 e. The summed E-state index contributed by atoms with van der Waals surface area (Å²) in [6.07, 6.45) is 0.694. The smallest absolute Gasteiger partial charge is 0.248 e. The van der Waals surface area contributed by atoms with Gasteiger partial charge in [-0.2, -0.15) is 0 Å². The van der Waals surface area contributed by atoms with Gasteiger partial charge in [0.1, 0.15) is 5.82 Å². The Bertz CT molecular complexity index is 599. The Morgan fingerprint density at radius 2 is 1.81 bits per heavy atom. The van der Waals surface area contributed by atoms with Gasteiger partial charge in [0.2, 0.25) is 5.92 Å². The summed E-state index contributed by atoms with van der Waals surface area (Å²) >= 11 is 0. The number of nitrogens with two attached hydrogens (primary N) is 1. The molecule has 0 spiro atoms. The second-order valence-electron chi connectivity index (χ2n) is 5.48. The largest absolute Gasteiger partial charge is 0.324 e. The molecule has 0 bridgehead atoms. The van der Waals surface area contributed by atoms with Crippen molar-refractivity contribution in [1.82, 2.24) is 14.8 Å². The predicted octanol–water partition coefficient (Wildman–Crippen LogP) is 3.02. The number of halogens is 2. The Balaban J connectivity index is 1.95. The molecule has 1 aromatic carbocycles. The normalized spacial score (nSPS) is 18.8. The van der Waals surface area contributed by atoms with Gasteiger partial charge in [-0.15, -0.1) is 10.2 Å². The molecule has 3 rings (SSSR count). The summed E-state index contributed by atoms with van der Waals surface area (Å²) in [6.45, 7) is 0.269. The molecule has 2 aromatic rings. The zero-order valence-corrected chi connectivity index (χ0v) is 11.7. The van der Waals surface area contributed by atoms with Gasteiger partial charge in [-0.1, -0.05) is 18.2 Å². The highest BCUT2D eigenvalue weighted by molar-refractivity contribution is 5.34. The highest BCUT2D eigenvalue weighted by Crippen LogP contribution is 2.40. The number of para-hydroxylation sites is 1. The van der Waals surface area contributed by atoms with Crippen molar-refractivity contribution in [2.24, 2.45) is 5.73 Å². The monoisotopic (exact) mass is 292 g/mol. The van der Waals surface area contributed by atoms with E-state index in [0.29, 0.717) is 18.7 Å². The number of rotatable bonds is 3. The first-order valence-corrected chi connectivity index (χ1v) is 7.18. The van der Waals surface area contributed by atoms with Crippen LogP contribution in [0.4, 0.5) is 8.78 Å². The van der Waals surface area contributed by atoms with Gasteiger partial charge in [0.25, 0.3) is 0 Å². The summed E-state index contributed by atoms with van der Waals surface area (Å²) in [5.41, 5.74) is 6.66. The van der Waals surface area contributed by atoms with E-state index in [9.17, 15) is 8.78 Å². The van der Waals surface area contributed by atoms with Crippen molar-refractivity contribution in [1.29, 1.82) is 0 Å². The third kappa shape index (κ3) is 2.81. The number of hydrogen-bond donors (Lipinski definition) is 1. The molecular weight excluding hydrogens is 274 g/mol. The molecule has 0 saturated heterocycles. The topological polar surface area (TPSA) is 56.7 Å². The molecule has 1 aliphatic carbocycles. The Morgan fingerprint density at radius 1 is 1.14 bits per heavy atom. The lowest BCUT2D eigenvalue weighted by molar-refractivity contribution is -0.0388. The number of nitrogens with zero attached hydrogens (tertiary/aromatic N) is 3. The molecule has 1 saturated carbocycles. The molecule has 1 heterocycles. The number of hydrogen-bond acceptors (Lipinski definition) is 3. The molecular formula is C15H18F2N4. The third-order valence-corrected chi connectivity index (χ3v) is 4.03. The minimum Gasteiger partial charge on any atom is -0.324 e. The van der Waals surface area contributed by atoms with Crippen LogP contribution in [-0.2, 0) is 6.54 Å². The summed E-state index contributed by atoms with van der Waals surface area (Å²) in [5.74, 6) is -1.12. The van der Waals surface area contributed by atoms with Crippen LogP contribution in [-0.4, -0.2) is 20.7 Å². The third-order valence-electron chi connectivity index (χ3n) is 4.03. The summed E-state index contributed by atoms with van der Waals surface area (Å²) in [6, 6.07) is 9.67. The van der Waals surface area contributed by atoms with Crippen molar-refractivity contribution >= 4 is 0 Å². The Morgan fingerprint density at radius 3 is 2.43 bits per heavy atom. The average Bonchev–Trinajstić information content (AvgIpc) is 2.92. The van der Waals surface area contributed by atoms with E-state index >= 15 is 0 Å². The Hall–Kier alpha value is -1.82. The summed E-state index contributed by atoms with van der Waals surface area (Å²) in [7, 11) is 0. The molecule has 0 atom stereocenters. The first kappa shape index (κ1) is 14.1. The summed E-state index contributed by atoms with van der Waals surface area (Å²) in [5, 5.41) is 8.35. The fourth-order valence-electron chi connectivity index (χ4n) is 2.88. The van der Waals surface area contributed by atoms with Crippen LogP contribution in [0.25, 0.3) is 5.69 Å². The number of alkyl halides is 2. The molecule has 0 unspecified atom stereocenters. The van der Waals surface area contributed by atoms with E-state index in [2.05, 4.69) is 10.2 Å². The molecule has 4 nitrogen and oxygen atoms in total. The molecule has 1 aromatic heterocycles. The molecule has 2 N–H and O–H groups in total. The minimum atomic E-state index is -2.54. The summed E-state index contributed by atoms with van der Waals surface area (Å²) < 4.78 is 28.6. The van der Waals surface area contributed by atoms with Crippen LogP contribution in [0.5, 0.6) is 0 Å². The van der Waals surface area contributed by atoms with Crippen molar-refractivity contribution in [3.63, 3.8) is 0 Å². The second-order valence-corrected chi connectivity index (χ2v) is 5.48. The molecule has 1 fully saturated rings. The first-order valence-electron chi connectivity index (χ1n) is 7.18. The lowest BCUT2D eigenvalue weighted by Crippen LogP contribution is -2.25. The van der Waals surface area contributed by atoms with Gasteiger partial charge in [0.05, 0.1) is 6.54 Å². The van der Waals surface area contributed by atoms with Crippen molar-refractivity contribution in [3.05, 3.63) is 42.0 Å². The van der Waals surface area contributed by atoms with Crippen LogP contribution in [0.15, 0.2) is 30.3 Å². The van der Waals surface area contributed by atoms with Gasteiger partial charge in [-0.05, 0) is 25.0 Å². The highest BCUT2D eigenvalue weighted by atomic mass is 19.3. The van der Waals surface area contributed by atoms with E-state index in [4.69, 9.17) is 5.73 Å². The van der Waals surface area contributed by atoms with E-state index in [1.54, 1.807) is 0 Å². The van der Waals surface area contributed by atoms with Crippen LogP contribution in [0, 0.1) is 0 Å². The lowest BCUT2D eigenvalue weighted by atomic mass is 9.86. The SMILES string of the molecule is NCc1nnc(C2CCC(F)(F)CC2)n1-c1ccccc1. The number of benzene rings is 1. The van der Waals surface area contributed by atoms with Gasteiger partial charge >= 0.3 is 0 Å². The van der Waals surface area contributed by atoms with E-state index in [0.717, 1.165) is 11.5 Å². The van der Waals surface area contributed by atoms with Gasteiger partial charge in [-0.25, -0.2) is 8.78 Å². The molecule has 0 aliphatic heterocycles. The van der Waals surface area contributed by atoms with Gasteiger partial charge in [-0.3, -0.25) is 4.57 Å². The van der Waals surface area contributed by atoms with E-state index in [-0.39, 0.29) is 25.3 Å². The van der Waals surface area contributed by atoms with Crippen molar-refractivity contribution < 1.29 is 8.78 Å². The zero-order chi connectivity index (χ0) is 14.9. The standard InChI is InChI=1S/C15H18F2N4/c16-15(17)8-6-11(7-9-15)14-20-19-13(10-18)21(14)12-4-2-1-3-5-12/h1-5,11H,6-10,18H2. The van der Waals surface area contributed by atoms with Gasteiger partial charge in [0.15, 0.2) is 5.82 Å². The zero-order valence-electron chi connectivity index (χ0n) is 11.7. The van der Waals surface area contributed by atoms with E-state index in [1.807, 2.05) is 34.9 Å². The highest BCUT2D eigenvalue weighted by Gasteiger charge is 2.37. The maximum atomic E-state index is 13.3. The first-order chi connectivity index (χ1) is 10.1. The fraction of sp³-hybridized carbons (Fsp3) is 0.467. The molecule has 1 aliphatic rings. The van der Waals surface area contributed by atoms with Gasteiger partial charge < -0.3 is 5.73 Å². The van der Waals surface area contributed by atoms with Crippen LogP contribution in [0.3, 0.4) is 0 Å². The van der Waals surface area contributed by atoms with Gasteiger partial charge in [0, 0.05) is 24.4 Å². The Labute approximate surface area is 122 Å². The van der Waals surface area contributed by atoms with E-state index in [1.165, 1.54) is 0 Å². The van der Waals surface area contributed by atoms with Crippen LogP contribution in [0.2, 0.25) is 0 Å². The van der Waals surface area contributed by atoms with Crippen LogP contribution in [0.1, 0.15) is 43.3 Å². The minimum absolute atomic E-state index is 0.0117. The average molecular weight is 292 g/mol. The lowest BCUT2D eigenvalue weighted by Gasteiger charge is -2.28. The molecule has 0 radical (unpaired) electrons. The maximum absolute atomic E-state index is 13.3. The number of aromatic nitrogens is 3. The van der Waals surface area contributed by atoms with Crippen molar-refractivity contribution in [2.75, 3.05) is 0 Å². The quantitative estimate of drug-likeness (QED) is 0.946. The fourth-order valence-corrected chi connectivity index (χ4v) is 2.88. The predicted molar refractivity (Wildman–Crippen MR) is 75.4 cm³/mol. The van der Waals surface area contributed by atoms with Crippen LogP contribution >= 0.6 is 0 Å². The Kier molecular flexibility index (Phi) is 3.71. The molecule has 6 heteroatoms. The molecule has 0 amide bonds. The summed E-state index contributed by atoms with van der Waals surface area (Å²) in [4.78, 5) is 0. The van der Waals surface area contributed by atoms with Crippen molar-refractivity contribution in [3.8, 4) is 5.69 Å². The second kappa shape index (κ2) is 5.52. The molecule has 112 valence electrons. The van der Waals surface area contributed by atoms with Crippen molar-refractivity contribution in [2.45, 2.75) is 44.1 Å². The molecule has 21 heavy (non-hydrogen) atoms. The van der Waals surface area contributed by atoms with Crippen LogP contribution < -0.4 is 5.73 Å². The van der Waals surface area contributed by atoms with E-state index < -0.39 is 5.92 Å².